The van der Waals surface area contributed by atoms with Crippen LogP contribution >= 0.6 is 0 Å². The third kappa shape index (κ3) is 2.44. The van der Waals surface area contributed by atoms with Crippen LogP contribution in [-0.2, 0) is 4.74 Å². The van der Waals surface area contributed by atoms with Gasteiger partial charge in [0.25, 0.3) is 11.8 Å². The van der Waals surface area contributed by atoms with Crippen LogP contribution in [0.25, 0.3) is 0 Å². The third-order valence-corrected chi connectivity index (χ3v) is 2.30. The van der Waals surface area contributed by atoms with Crippen LogP contribution in [0.4, 0.5) is 13.2 Å². The first-order chi connectivity index (χ1) is 7.66. The Bertz CT molecular complexity index is 381. The van der Waals surface area contributed by atoms with E-state index in [0.717, 1.165) is 0 Å². The lowest BCUT2D eigenvalue weighted by Crippen LogP contribution is -2.26. The molecule has 16 heavy (non-hydrogen) atoms. The summed E-state index contributed by atoms with van der Waals surface area (Å²) in [5.41, 5.74) is 0. The van der Waals surface area contributed by atoms with Crippen LogP contribution in [0.2, 0.25) is 0 Å². The van der Waals surface area contributed by atoms with Crippen LogP contribution in [0.5, 0.6) is 5.88 Å². The van der Waals surface area contributed by atoms with E-state index in [2.05, 4.69) is 4.98 Å². The van der Waals surface area contributed by atoms with Gasteiger partial charge in [0.05, 0.1) is 13.2 Å². The van der Waals surface area contributed by atoms with Crippen LogP contribution in [-0.4, -0.2) is 24.3 Å². The molecule has 1 saturated heterocycles. The highest BCUT2D eigenvalue weighted by atomic mass is 19.2. The van der Waals surface area contributed by atoms with Crippen molar-refractivity contribution in [3.63, 3.8) is 0 Å². The molecule has 0 aromatic carbocycles. The van der Waals surface area contributed by atoms with Gasteiger partial charge < -0.3 is 9.47 Å². The van der Waals surface area contributed by atoms with E-state index < -0.39 is 23.5 Å². The zero-order valence-corrected chi connectivity index (χ0v) is 8.38. The van der Waals surface area contributed by atoms with Gasteiger partial charge in [-0.2, -0.15) is 9.37 Å². The van der Waals surface area contributed by atoms with Gasteiger partial charge in [0.1, 0.15) is 6.10 Å². The molecule has 1 aliphatic heterocycles. The van der Waals surface area contributed by atoms with Crippen molar-refractivity contribution in [3.8, 4) is 5.88 Å². The molecule has 0 amide bonds. The molecule has 0 unspecified atom stereocenters. The first-order valence-corrected chi connectivity index (χ1v) is 4.93. The minimum atomic E-state index is -1.36. The van der Waals surface area contributed by atoms with Crippen molar-refractivity contribution in [2.75, 3.05) is 13.2 Å². The molecule has 0 N–H and O–H groups in total. The van der Waals surface area contributed by atoms with Gasteiger partial charge in [-0.25, -0.2) is 8.78 Å². The summed E-state index contributed by atoms with van der Waals surface area (Å²) in [5.74, 6) is -4.17. The molecule has 0 radical (unpaired) electrons. The molecule has 1 aliphatic rings. The zero-order chi connectivity index (χ0) is 11.5. The van der Waals surface area contributed by atoms with Crippen molar-refractivity contribution in [2.24, 2.45) is 0 Å². The van der Waals surface area contributed by atoms with Crippen molar-refractivity contribution < 1.29 is 22.6 Å². The molecule has 0 bridgehead atoms. The largest absolute Gasteiger partial charge is 0.472 e. The average molecular weight is 233 g/mol. The lowest BCUT2D eigenvalue weighted by molar-refractivity contribution is 0.0215. The zero-order valence-electron chi connectivity index (χ0n) is 8.38. The molecular formula is C10H10F3NO2. The van der Waals surface area contributed by atoms with Gasteiger partial charge in [0, 0.05) is 18.9 Å². The second kappa shape index (κ2) is 4.69. The summed E-state index contributed by atoms with van der Waals surface area (Å²) < 4.78 is 48.7. The lowest BCUT2D eigenvalue weighted by atomic mass is 10.1. The van der Waals surface area contributed by atoms with Gasteiger partial charge in [-0.15, -0.1) is 0 Å². The molecule has 2 rings (SSSR count). The Kier molecular flexibility index (Phi) is 3.28. The van der Waals surface area contributed by atoms with Gasteiger partial charge >= 0.3 is 0 Å². The van der Waals surface area contributed by atoms with Crippen molar-refractivity contribution in [2.45, 2.75) is 18.9 Å². The SMILES string of the molecule is Fc1cc(F)c(OC2CCOCC2)nc1F. The van der Waals surface area contributed by atoms with E-state index in [4.69, 9.17) is 9.47 Å². The number of hydrogen-bond donors (Lipinski definition) is 0. The van der Waals surface area contributed by atoms with E-state index in [1.807, 2.05) is 0 Å². The van der Waals surface area contributed by atoms with Crippen molar-refractivity contribution in [1.29, 1.82) is 0 Å². The third-order valence-electron chi connectivity index (χ3n) is 2.30. The topological polar surface area (TPSA) is 31.4 Å². The average Bonchev–Trinajstić information content (AvgIpc) is 2.27. The molecule has 0 saturated carbocycles. The quantitative estimate of drug-likeness (QED) is 0.732. The van der Waals surface area contributed by atoms with E-state index in [-0.39, 0.29) is 6.10 Å². The molecule has 0 spiro atoms. The van der Waals surface area contributed by atoms with Crippen molar-refractivity contribution in [3.05, 3.63) is 23.6 Å². The molecule has 88 valence electrons. The molecule has 1 fully saturated rings. The summed E-state index contributed by atoms with van der Waals surface area (Å²) in [5, 5.41) is 0. The molecular weight excluding hydrogens is 223 g/mol. The number of ether oxygens (including phenoxy) is 2. The number of hydrogen-bond acceptors (Lipinski definition) is 3. The summed E-state index contributed by atoms with van der Waals surface area (Å²) in [6, 6.07) is 0.428. The number of rotatable bonds is 2. The van der Waals surface area contributed by atoms with Crippen molar-refractivity contribution in [1.82, 2.24) is 4.98 Å². The Morgan fingerprint density at radius 3 is 2.56 bits per heavy atom. The monoisotopic (exact) mass is 233 g/mol. The highest BCUT2D eigenvalue weighted by Gasteiger charge is 2.19. The van der Waals surface area contributed by atoms with E-state index >= 15 is 0 Å². The number of aromatic nitrogens is 1. The second-order valence-electron chi connectivity index (χ2n) is 3.48. The highest BCUT2D eigenvalue weighted by molar-refractivity contribution is 5.15. The van der Waals surface area contributed by atoms with Crippen LogP contribution in [0.3, 0.4) is 0 Å². The highest BCUT2D eigenvalue weighted by Crippen LogP contribution is 2.20. The van der Waals surface area contributed by atoms with E-state index in [9.17, 15) is 13.2 Å². The Morgan fingerprint density at radius 1 is 1.19 bits per heavy atom. The van der Waals surface area contributed by atoms with Crippen molar-refractivity contribution >= 4 is 0 Å². The number of pyridine rings is 1. The predicted octanol–water partition coefficient (Wildman–Crippen LogP) is 2.06. The number of nitrogens with zero attached hydrogens (tertiary/aromatic N) is 1. The van der Waals surface area contributed by atoms with Gasteiger partial charge in [-0.1, -0.05) is 0 Å². The Morgan fingerprint density at radius 2 is 1.88 bits per heavy atom. The van der Waals surface area contributed by atoms with Gasteiger partial charge in [0.2, 0.25) is 0 Å². The van der Waals surface area contributed by atoms with Gasteiger partial charge in [-0.05, 0) is 0 Å². The van der Waals surface area contributed by atoms with E-state index in [0.29, 0.717) is 32.1 Å². The first kappa shape index (κ1) is 11.2. The normalized spacial score (nSPS) is 17.4. The summed E-state index contributed by atoms with van der Waals surface area (Å²) in [4.78, 5) is 3.09. The summed E-state index contributed by atoms with van der Waals surface area (Å²) >= 11 is 0. The minimum Gasteiger partial charge on any atom is -0.472 e. The molecule has 3 nitrogen and oxygen atoms in total. The molecule has 0 aliphatic carbocycles. The van der Waals surface area contributed by atoms with Crippen LogP contribution in [0, 0.1) is 17.6 Å². The maximum Gasteiger partial charge on any atom is 0.253 e. The molecule has 0 atom stereocenters. The smallest absolute Gasteiger partial charge is 0.253 e. The first-order valence-electron chi connectivity index (χ1n) is 4.93. The summed E-state index contributed by atoms with van der Waals surface area (Å²) in [7, 11) is 0. The Labute approximate surface area is 90.2 Å². The fourth-order valence-corrected chi connectivity index (χ4v) is 1.46. The molecule has 1 aromatic rings. The molecule has 1 aromatic heterocycles. The van der Waals surface area contributed by atoms with Gasteiger partial charge in [0.15, 0.2) is 11.6 Å². The fraction of sp³-hybridized carbons (Fsp3) is 0.500. The Hall–Kier alpha value is -1.30. The van der Waals surface area contributed by atoms with Crippen LogP contribution in [0.1, 0.15) is 12.8 Å². The maximum absolute atomic E-state index is 13.2. The molecule has 2 heterocycles. The standard InChI is InChI=1S/C10H10F3NO2/c11-7-5-8(12)10(14-9(7)13)16-6-1-3-15-4-2-6/h5-6H,1-4H2. The van der Waals surface area contributed by atoms with Gasteiger partial charge in [-0.3, -0.25) is 0 Å². The lowest BCUT2D eigenvalue weighted by Gasteiger charge is -2.22. The fourth-order valence-electron chi connectivity index (χ4n) is 1.46. The van der Waals surface area contributed by atoms with Crippen LogP contribution in [0.15, 0.2) is 6.07 Å². The summed E-state index contributed by atoms with van der Waals surface area (Å²) in [6.07, 6.45) is 0.904. The Balaban J connectivity index is 2.11. The number of halogens is 3. The maximum atomic E-state index is 13.2. The molecule has 6 heteroatoms. The van der Waals surface area contributed by atoms with E-state index in [1.165, 1.54) is 0 Å². The summed E-state index contributed by atoms with van der Waals surface area (Å²) in [6.45, 7) is 1.02. The van der Waals surface area contributed by atoms with E-state index in [1.54, 1.807) is 0 Å². The minimum absolute atomic E-state index is 0.263. The van der Waals surface area contributed by atoms with Crippen LogP contribution < -0.4 is 4.74 Å². The predicted molar refractivity (Wildman–Crippen MR) is 48.6 cm³/mol. The second-order valence-corrected chi connectivity index (χ2v) is 3.48.